The van der Waals surface area contributed by atoms with Crippen molar-refractivity contribution in [1.82, 2.24) is 4.31 Å². The lowest BCUT2D eigenvalue weighted by Crippen LogP contribution is -2.37. The average Bonchev–Trinajstić information content (AvgIpc) is 2.82. The molecule has 0 atom stereocenters. The van der Waals surface area contributed by atoms with Crippen molar-refractivity contribution in [2.75, 3.05) is 49.7 Å². The van der Waals surface area contributed by atoms with Gasteiger partial charge < -0.3 is 14.8 Å². The van der Waals surface area contributed by atoms with Crippen molar-refractivity contribution in [2.24, 2.45) is 0 Å². The minimum atomic E-state index is -3.82. The van der Waals surface area contributed by atoms with Crippen molar-refractivity contribution in [3.8, 4) is 11.5 Å². The molecule has 0 spiro atoms. The highest BCUT2D eigenvalue weighted by Crippen LogP contribution is 2.31. The number of nitrogens with zero attached hydrogens (tertiary/aromatic N) is 2. The molecule has 1 aliphatic heterocycles. The van der Waals surface area contributed by atoms with E-state index in [-0.39, 0.29) is 16.3 Å². The maximum Gasteiger partial charge on any atom is 0.246 e. The Kier molecular flexibility index (Phi) is 8.05. The minimum absolute atomic E-state index is 0.0511. The van der Waals surface area contributed by atoms with Crippen LogP contribution in [0.1, 0.15) is 19.3 Å². The van der Waals surface area contributed by atoms with Crippen LogP contribution in [-0.4, -0.2) is 67.2 Å². The summed E-state index contributed by atoms with van der Waals surface area (Å²) < 4.78 is 63.7. The zero-order chi connectivity index (χ0) is 24.9. The Bertz CT molecular complexity index is 1220. The van der Waals surface area contributed by atoms with E-state index in [9.17, 15) is 21.6 Å². The number of sulfonamides is 2. The standard InChI is InChI=1S/C22H29N3O7S2/c1-31-19-10-8-18(9-11-19)25(33(3,27)28)16-22(26)23-17-7-12-20(32-2)21(15-17)34(29,30)24-13-5-4-6-14-24/h7-12,15H,4-6,13-14,16H2,1-3H3,(H,23,26). The van der Waals surface area contributed by atoms with Gasteiger partial charge in [0.05, 0.1) is 26.2 Å². The Labute approximate surface area is 200 Å². The SMILES string of the molecule is COc1ccc(N(CC(=O)Nc2ccc(OC)c(S(=O)(=O)N3CCCCC3)c2)S(C)(=O)=O)cc1. The number of ether oxygens (including phenoxy) is 2. The van der Waals surface area contributed by atoms with Crippen molar-refractivity contribution >= 4 is 37.3 Å². The summed E-state index contributed by atoms with van der Waals surface area (Å²) in [6, 6.07) is 10.5. The molecule has 1 amide bonds. The highest BCUT2D eigenvalue weighted by Gasteiger charge is 2.29. The lowest BCUT2D eigenvalue weighted by molar-refractivity contribution is -0.114. The lowest BCUT2D eigenvalue weighted by atomic mass is 10.2. The number of carbonyl (C=O) groups excluding carboxylic acids is 1. The Morgan fingerprint density at radius 2 is 1.62 bits per heavy atom. The van der Waals surface area contributed by atoms with Gasteiger partial charge >= 0.3 is 0 Å². The van der Waals surface area contributed by atoms with Gasteiger partial charge in [0, 0.05) is 18.8 Å². The van der Waals surface area contributed by atoms with Crippen LogP contribution < -0.4 is 19.1 Å². The van der Waals surface area contributed by atoms with Crippen molar-refractivity contribution in [2.45, 2.75) is 24.2 Å². The molecule has 0 aromatic heterocycles. The van der Waals surface area contributed by atoms with Crippen LogP contribution in [-0.2, 0) is 24.8 Å². The lowest BCUT2D eigenvalue weighted by Gasteiger charge is -2.26. The topological polar surface area (TPSA) is 122 Å². The highest BCUT2D eigenvalue weighted by atomic mass is 32.2. The van der Waals surface area contributed by atoms with Gasteiger partial charge in [-0.05, 0) is 55.3 Å². The van der Waals surface area contributed by atoms with E-state index < -0.39 is 32.5 Å². The van der Waals surface area contributed by atoms with Crippen molar-refractivity contribution < 1.29 is 31.1 Å². The summed E-state index contributed by atoms with van der Waals surface area (Å²) >= 11 is 0. The van der Waals surface area contributed by atoms with Crippen LogP contribution >= 0.6 is 0 Å². The van der Waals surface area contributed by atoms with Crippen LogP contribution in [0.4, 0.5) is 11.4 Å². The molecule has 10 nitrogen and oxygen atoms in total. The van der Waals surface area contributed by atoms with Gasteiger partial charge in [-0.1, -0.05) is 6.42 Å². The fraction of sp³-hybridized carbons (Fsp3) is 0.409. The number of hydrogen-bond acceptors (Lipinski definition) is 7. The van der Waals surface area contributed by atoms with E-state index in [0.717, 1.165) is 29.8 Å². The van der Waals surface area contributed by atoms with E-state index in [4.69, 9.17) is 9.47 Å². The third kappa shape index (κ3) is 5.99. The molecule has 0 aliphatic carbocycles. The smallest absolute Gasteiger partial charge is 0.246 e. The number of amides is 1. The molecule has 1 saturated heterocycles. The summed E-state index contributed by atoms with van der Waals surface area (Å²) in [5.41, 5.74) is 0.506. The quantitative estimate of drug-likeness (QED) is 0.548. The van der Waals surface area contributed by atoms with Crippen molar-refractivity contribution in [3.63, 3.8) is 0 Å². The zero-order valence-electron chi connectivity index (χ0n) is 19.4. The van der Waals surface area contributed by atoms with Gasteiger partial charge in [0.25, 0.3) is 0 Å². The van der Waals surface area contributed by atoms with Gasteiger partial charge in [0.1, 0.15) is 22.9 Å². The number of rotatable bonds is 9. The Hall–Kier alpha value is -2.83. The molecular weight excluding hydrogens is 482 g/mol. The van der Waals surface area contributed by atoms with E-state index in [1.54, 1.807) is 12.1 Å². The van der Waals surface area contributed by atoms with Gasteiger partial charge in [-0.2, -0.15) is 4.31 Å². The molecule has 0 radical (unpaired) electrons. The number of piperidine rings is 1. The van der Waals surface area contributed by atoms with E-state index >= 15 is 0 Å². The van der Waals surface area contributed by atoms with Gasteiger partial charge in [-0.25, -0.2) is 16.8 Å². The van der Waals surface area contributed by atoms with E-state index in [1.807, 2.05) is 0 Å². The summed E-state index contributed by atoms with van der Waals surface area (Å²) in [5, 5.41) is 2.60. The first-order chi connectivity index (χ1) is 16.1. The molecule has 1 heterocycles. The molecule has 0 saturated carbocycles. The number of hydrogen-bond donors (Lipinski definition) is 1. The minimum Gasteiger partial charge on any atom is -0.497 e. The highest BCUT2D eigenvalue weighted by molar-refractivity contribution is 7.92. The van der Waals surface area contributed by atoms with Crippen molar-refractivity contribution in [1.29, 1.82) is 0 Å². The first-order valence-electron chi connectivity index (χ1n) is 10.7. The molecule has 2 aromatic rings. The van der Waals surface area contributed by atoms with Crippen LogP contribution in [0, 0.1) is 0 Å². The monoisotopic (exact) mass is 511 g/mol. The van der Waals surface area contributed by atoms with Gasteiger partial charge in [-0.15, -0.1) is 0 Å². The van der Waals surface area contributed by atoms with Gasteiger partial charge in [0.2, 0.25) is 26.0 Å². The fourth-order valence-corrected chi connectivity index (χ4v) is 6.23. The van der Waals surface area contributed by atoms with Crippen LogP contribution in [0.2, 0.25) is 0 Å². The number of anilines is 2. The summed E-state index contributed by atoms with van der Waals surface area (Å²) in [5.74, 6) is 0.0784. The molecular formula is C22H29N3O7S2. The second-order valence-electron chi connectivity index (χ2n) is 7.85. The molecule has 3 rings (SSSR count). The third-order valence-corrected chi connectivity index (χ3v) is 8.49. The van der Waals surface area contributed by atoms with E-state index in [2.05, 4.69) is 5.32 Å². The molecule has 1 N–H and O–H groups in total. The van der Waals surface area contributed by atoms with Crippen LogP contribution in [0.15, 0.2) is 47.4 Å². The number of nitrogens with one attached hydrogen (secondary N) is 1. The molecule has 1 aliphatic rings. The second-order valence-corrected chi connectivity index (χ2v) is 11.7. The molecule has 2 aromatic carbocycles. The first kappa shape index (κ1) is 25.8. The largest absolute Gasteiger partial charge is 0.497 e. The predicted octanol–water partition coefficient (Wildman–Crippen LogP) is 2.28. The Morgan fingerprint density at radius 3 is 2.18 bits per heavy atom. The maximum absolute atomic E-state index is 13.2. The molecule has 12 heteroatoms. The Balaban J connectivity index is 1.83. The molecule has 34 heavy (non-hydrogen) atoms. The predicted molar refractivity (Wildman–Crippen MR) is 129 cm³/mol. The van der Waals surface area contributed by atoms with E-state index in [0.29, 0.717) is 24.5 Å². The summed E-state index contributed by atoms with van der Waals surface area (Å²) in [4.78, 5) is 12.7. The van der Waals surface area contributed by atoms with E-state index in [1.165, 1.54) is 48.9 Å². The van der Waals surface area contributed by atoms with Gasteiger partial charge in [0.15, 0.2) is 0 Å². The second kappa shape index (κ2) is 10.6. The summed E-state index contributed by atoms with van der Waals surface area (Å²) in [7, 11) is -4.72. The molecule has 186 valence electrons. The maximum atomic E-state index is 13.2. The number of methoxy groups -OCH3 is 2. The normalized spacial score (nSPS) is 14.9. The molecule has 1 fully saturated rings. The molecule has 0 bridgehead atoms. The van der Waals surface area contributed by atoms with Crippen molar-refractivity contribution in [3.05, 3.63) is 42.5 Å². The molecule has 0 unspecified atom stereocenters. The Morgan fingerprint density at radius 1 is 0.971 bits per heavy atom. The average molecular weight is 512 g/mol. The zero-order valence-corrected chi connectivity index (χ0v) is 21.0. The van der Waals surface area contributed by atoms with Crippen LogP contribution in [0.25, 0.3) is 0 Å². The van der Waals surface area contributed by atoms with Crippen LogP contribution in [0.3, 0.4) is 0 Å². The van der Waals surface area contributed by atoms with Gasteiger partial charge in [-0.3, -0.25) is 9.10 Å². The van der Waals surface area contributed by atoms with Crippen LogP contribution in [0.5, 0.6) is 11.5 Å². The summed E-state index contributed by atoms with van der Waals surface area (Å²) in [6.07, 6.45) is 3.54. The first-order valence-corrected chi connectivity index (χ1v) is 13.9. The summed E-state index contributed by atoms with van der Waals surface area (Å²) in [6.45, 7) is 0.353. The fourth-order valence-electron chi connectivity index (χ4n) is 3.68. The number of carbonyl (C=O) groups is 1. The number of benzene rings is 2. The third-order valence-electron chi connectivity index (χ3n) is 5.43.